The van der Waals surface area contributed by atoms with Crippen molar-refractivity contribution in [1.82, 2.24) is 0 Å². The number of carbonyl (C=O) groups excluding carboxylic acids is 1. The van der Waals surface area contributed by atoms with Gasteiger partial charge in [0.1, 0.15) is 4.49 Å². The molecule has 0 aliphatic carbocycles. The van der Waals surface area contributed by atoms with Crippen LogP contribution in [0.25, 0.3) is 0 Å². The highest BCUT2D eigenvalue weighted by Crippen LogP contribution is 2.24. The summed E-state index contributed by atoms with van der Waals surface area (Å²) in [7, 11) is 0. The molecule has 6 heteroatoms. The largest absolute Gasteiger partial charge is 0.465 e. The molecule has 1 rings (SSSR count). The van der Waals surface area contributed by atoms with Crippen molar-refractivity contribution < 1.29 is 9.53 Å². The first-order chi connectivity index (χ1) is 9.93. The standard InChI is InChI=1S/C15H16BrCl3O2/c1-2-21-15(20)12(9-14(18)19)13(17)8-5-10-3-6-11(16)7-4-10/h3-4,6-7,9,12-13H,2,5,8H2,1H3/t12-,13+/m1/s1. The van der Waals surface area contributed by atoms with Gasteiger partial charge in [0.05, 0.1) is 17.9 Å². The highest BCUT2D eigenvalue weighted by atomic mass is 79.9. The predicted molar refractivity (Wildman–Crippen MR) is 92.0 cm³/mol. The summed E-state index contributed by atoms with van der Waals surface area (Å²) in [6, 6.07) is 7.96. The molecule has 0 heterocycles. The molecule has 0 N–H and O–H groups in total. The molecule has 1 aromatic carbocycles. The van der Waals surface area contributed by atoms with Crippen LogP contribution >= 0.6 is 50.7 Å². The van der Waals surface area contributed by atoms with Gasteiger partial charge in [0.15, 0.2) is 0 Å². The molecule has 0 fully saturated rings. The minimum atomic E-state index is -0.646. The van der Waals surface area contributed by atoms with Crippen LogP contribution in [-0.2, 0) is 16.0 Å². The van der Waals surface area contributed by atoms with E-state index in [1.165, 1.54) is 6.08 Å². The SMILES string of the molecule is CCOC(=O)[C@H](C=C(Cl)Cl)[C@@H](Cl)CCc1ccc(Br)cc1. The number of alkyl halides is 1. The smallest absolute Gasteiger partial charge is 0.314 e. The third-order valence-electron chi connectivity index (χ3n) is 2.88. The van der Waals surface area contributed by atoms with Crippen molar-refractivity contribution in [3.63, 3.8) is 0 Å². The molecule has 1 aromatic rings. The van der Waals surface area contributed by atoms with E-state index in [0.29, 0.717) is 13.0 Å². The molecule has 116 valence electrons. The molecule has 0 saturated heterocycles. The first-order valence-corrected chi connectivity index (χ1v) is 8.50. The Balaban J connectivity index is 2.67. The molecule has 0 aromatic heterocycles. The summed E-state index contributed by atoms with van der Waals surface area (Å²) in [4.78, 5) is 11.9. The van der Waals surface area contributed by atoms with Gasteiger partial charge in [-0.15, -0.1) is 11.6 Å². The Morgan fingerprint density at radius 1 is 1.33 bits per heavy atom. The van der Waals surface area contributed by atoms with Crippen molar-refractivity contribution in [3.8, 4) is 0 Å². The van der Waals surface area contributed by atoms with Crippen LogP contribution in [0.3, 0.4) is 0 Å². The molecular formula is C15H16BrCl3O2. The lowest BCUT2D eigenvalue weighted by Gasteiger charge is -2.17. The molecule has 0 unspecified atom stereocenters. The quantitative estimate of drug-likeness (QED) is 0.436. The second kappa shape index (κ2) is 9.73. The molecule has 0 radical (unpaired) electrons. The van der Waals surface area contributed by atoms with E-state index < -0.39 is 17.3 Å². The van der Waals surface area contributed by atoms with Crippen molar-refractivity contribution in [2.24, 2.45) is 5.92 Å². The lowest BCUT2D eigenvalue weighted by atomic mass is 9.99. The van der Waals surface area contributed by atoms with Crippen molar-refractivity contribution in [2.45, 2.75) is 25.1 Å². The van der Waals surface area contributed by atoms with Gasteiger partial charge < -0.3 is 4.74 Å². The Kier molecular flexibility index (Phi) is 8.72. The maximum Gasteiger partial charge on any atom is 0.314 e. The van der Waals surface area contributed by atoms with Crippen molar-refractivity contribution >= 4 is 56.7 Å². The van der Waals surface area contributed by atoms with Gasteiger partial charge in [-0.25, -0.2) is 0 Å². The average molecular weight is 415 g/mol. The van der Waals surface area contributed by atoms with Crippen LogP contribution in [-0.4, -0.2) is 18.0 Å². The highest BCUT2D eigenvalue weighted by molar-refractivity contribution is 9.10. The Bertz CT molecular complexity index is 484. The monoisotopic (exact) mass is 412 g/mol. The lowest BCUT2D eigenvalue weighted by Crippen LogP contribution is -2.25. The van der Waals surface area contributed by atoms with Gasteiger partial charge in [0.2, 0.25) is 0 Å². The molecule has 0 aliphatic rings. The van der Waals surface area contributed by atoms with Crippen LogP contribution in [0, 0.1) is 5.92 Å². The summed E-state index contributed by atoms with van der Waals surface area (Å²) >= 11 is 21.0. The van der Waals surface area contributed by atoms with Gasteiger partial charge in [-0.05, 0) is 43.5 Å². The summed E-state index contributed by atoms with van der Waals surface area (Å²) in [5.74, 6) is -1.06. The van der Waals surface area contributed by atoms with Crippen LogP contribution in [0.2, 0.25) is 0 Å². The van der Waals surface area contributed by atoms with E-state index in [1.807, 2.05) is 24.3 Å². The Hall–Kier alpha value is -0.220. The molecular weight excluding hydrogens is 398 g/mol. The normalized spacial score (nSPS) is 13.4. The number of aryl methyl sites for hydroxylation is 1. The maximum absolute atomic E-state index is 11.9. The fourth-order valence-corrected chi connectivity index (χ4v) is 2.65. The average Bonchev–Trinajstić information content (AvgIpc) is 2.44. The molecule has 0 aliphatic heterocycles. The fraction of sp³-hybridized carbons (Fsp3) is 0.400. The topological polar surface area (TPSA) is 26.3 Å². The summed E-state index contributed by atoms with van der Waals surface area (Å²) in [5.41, 5.74) is 1.15. The van der Waals surface area contributed by atoms with E-state index in [-0.39, 0.29) is 4.49 Å². The Labute approximate surface area is 148 Å². The molecule has 0 amide bonds. The molecule has 2 atom stereocenters. The van der Waals surface area contributed by atoms with Crippen LogP contribution in [0.1, 0.15) is 18.9 Å². The first-order valence-electron chi connectivity index (χ1n) is 6.52. The molecule has 21 heavy (non-hydrogen) atoms. The van der Waals surface area contributed by atoms with Gasteiger partial charge in [-0.2, -0.15) is 0 Å². The van der Waals surface area contributed by atoms with Crippen molar-refractivity contribution in [1.29, 1.82) is 0 Å². The summed E-state index contributed by atoms with van der Waals surface area (Å²) in [6.45, 7) is 2.03. The number of hydrogen-bond donors (Lipinski definition) is 0. The predicted octanol–water partition coefficient (Wildman–Crippen LogP) is 5.49. The van der Waals surface area contributed by atoms with Crippen LogP contribution < -0.4 is 0 Å². The van der Waals surface area contributed by atoms with Gasteiger partial charge >= 0.3 is 5.97 Å². The number of carbonyl (C=O) groups is 1. The lowest BCUT2D eigenvalue weighted by molar-refractivity contribution is -0.146. The van der Waals surface area contributed by atoms with E-state index in [1.54, 1.807) is 6.92 Å². The molecule has 0 spiro atoms. The first kappa shape index (κ1) is 18.8. The van der Waals surface area contributed by atoms with E-state index in [2.05, 4.69) is 15.9 Å². The number of benzene rings is 1. The van der Waals surface area contributed by atoms with E-state index in [4.69, 9.17) is 39.5 Å². The number of halogens is 4. The van der Waals surface area contributed by atoms with Crippen LogP contribution in [0.15, 0.2) is 39.3 Å². The second-order valence-corrected chi connectivity index (χ2v) is 6.90. The van der Waals surface area contributed by atoms with E-state index in [9.17, 15) is 4.79 Å². The van der Waals surface area contributed by atoms with Crippen molar-refractivity contribution in [3.05, 3.63) is 44.9 Å². The van der Waals surface area contributed by atoms with Crippen LogP contribution in [0.4, 0.5) is 0 Å². The summed E-state index contributed by atoms with van der Waals surface area (Å²) in [6.07, 6.45) is 2.80. The Morgan fingerprint density at radius 2 is 1.95 bits per heavy atom. The minimum absolute atomic E-state index is 0.0161. The number of hydrogen-bond acceptors (Lipinski definition) is 2. The summed E-state index contributed by atoms with van der Waals surface area (Å²) in [5, 5.41) is -0.430. The van der Waals surface area contributed by atoms with Gasteiger partial charge in [0, 0.05) is 4.47 Å². The number of esters is 1. The number of ether oxygens (including phenoxy) is 1. The maximum atomic E-state index is 11.9. The molecule has 0 bridgehead atoms. The molecule has 2 nitrogen and oxygen atoms in total. The zero-order chi connectivity index (χ0) is 15.8. The Morgan fingerprint density at radius 3 is 2.48 bits per heavy atom. The number of rotatable bonds is 7. The second-order valence-electron chi connectivity index (χ2n) is 4.42. The fourth-order valence-electron chi connectivity index (χ4n) is 1.83. The third-order valence-corrected chi connectivity index (χ3v) is 4.15. The summed E-state index contributed by atoms with van der Waals surface area (Å²) < 4.78 is 6.04. The minimum Gasteiger partial charge on any atom is -0.465 e. The van der Waals surface area contributed by atoms with Crippen LogP contribution in [0.5, 0.6) is 0 Å². The van der Waals surface area contributed by atoms with Gasteiger partial charge in [-0.3, -0.25) is 4.79 Å². The highest BCUT2D eigenvalue weighted by Gasteiger charge is 2.26. The van der Waals surface area contributed by atoms with Crippen molar-refractivity contribution in [2.75, 3.05) is 6.61 Å². The van der Waals surface area contributed by atoms with Gasteiger partial charge in [-0.1, -0.05) is 51.3 Å². The zero-order valence-corrected chi connectivity index (χ0v) is 15.3. The third kappa shape index (κ3) is 7.05. The van der Waals surface area contributed by atoms with Gasteiger partial charge in [0.25, 0.3) is 0 Å². The van der Waals surface area contributed by atoms with E-state index >= 15 is 0 Å². The zero-order valence-electron chi connectivity index (χ0n) is 11.5. The van der Waals surface area contributed by atoms with E-state index in [0.717, 1.165) is 16.5 Å². The molecule has 0 saturated carbocycles.